The first-order valence-corrected chi connectivity index (χ1v) is 6.50. The van der Waals surface area contributed by atoms with Gasteiger partial charge in [-0.1, -0.05) is 0 Å². The Hall–Kier alpha value is -0.650. The highest BCUT2D eigenvalue weighted by molar-refractivity contribution is 5.77. The molecule has 0 aromatic carbocycles. The van der Waals surface area contributed by atoms with E-state index in [9.17, 15) is 4.79 Å². The van der Waals surface area contributed by atoms with Crippen molar-refractivity contribution in [1.29, 1.82) is 0 Å². The van der Waals surface area contributed by atoms with E-state index in [1.807, 2.05) is 4.90 Å². The molecule has 0 bridgehead atoms. The summed E-state index contributed by atoms with van der Waals surface area (Å²) < 4.78 is 5.52. The zero-order valence-corrected chi connectivity index (χ0v) is 10.6. The molecule has 0 aliphatic carbocycles. The van der Waals surface area contributed by atoms with Gasteiger partial charge in [-0.15, -0.1) is 0 Å². The van der Waals surface area contributed by atoms with E-state index in [1.165, 1.54) is 0 Å². The normalized spacial score (nSPS) is 30.8. The van der Waals surface area contributed by atoms with Crippen molar-refractivity contribution in [3.8, 4) is 0 Å². The maximum Gasteiger partial charge on any atom is 0.225 e. The molecule has 2 saturated heterocycles. The molecular weight excluding hydrogens is 218 g/mol. The van der Waals surface area contributed by atoms with Gasteiger partial charge in [0.15, 0.2) is 0 Å². The maximum absolute atomic E-state index is 12.2. The van der Waals surface area contributed by atoms with Gasteiger partial charge in [0.1, 0.15) is 0 Å². The van der Waals surface area contributed by atoms with E-state index in [1.54, 1.807) is 0 Å². The first-order chi connectivity index (χ1) is 8.20. The van der Waals surface area contributed by atoms with Crippen LogP contribution < -0.4 is 5.73 Å². The van der Waals surface area contributed by atoms with Gasteiger partial charge < -0.3 is 20.3 Å². The van der Waals surface area contributed by atoms with Crippen LogP contribution in [0.1, 0.15) is 19.3 Å². The Balaban J connectivity index is 1.88. The van der Waals surface area contributed by atoms with Crippen molar-refractivity contribution >= 4 is 5.91 Å². The molecule has 2 N–H and O–H groups in total. The topological polar surface area (TPSA) is 58.8 Å². The molecular formula is C12H23N3O2. The predicted molar refractivity (Wildman–Crippen MR) is 65.6 cm³/mol. The van der Waals surface area contributed by atoms with Crippen LogP contribution in [0.4, 0.5) is 0 Å². The summed E-state index contributed by atoms with van der Waals surface area (Å²) in [5.41, 5.74) is 5.75. The number of piperazine rings is 1. The van der Waals surface area contributed by atoms with E-state index < -0.39 is 0 Å². The van der Waals surface area contributed by atoms with Crippen LogP contribution >= 0.6 is 0 Å². The lowest BCUT2D eigenvalue weighted by Crippen LogP contribution is -2.57. The van der Waals surface area contributed by atoms with Crippen LogP contribution in [0.5, 0.6) is 0 Å². The molecule has 2 heterocycles. The average molecular weight is 241 g/mol. The first kappa shape index (κ1) is 12.8. The lowest BCUT2D eigenvalue weighted by atomic mass is 10.1. The molecule has 0 radical (unpaired) electrons. The number of likely N-dealkylation sites (N-methyl/N-ethyl adjacent to an activating group) is 1. The van der Waals surface area contributed by atoms with Gasteiger partial charge in [0.2, 0.25) is 5.91 Å². The lowest BCUT2D eigenvalue weighted by Gasteiger charge is -2.39. The first-order valence-electron chi connectivity index (χ1n) is 6.50. The summed E-state index contributed by atoms with van der Waals surface area (Å²) in [6.45, 7) is 3.97. The van der Waals surface area contributed by atoms with Gasteiger partial charge in [-0.25, -0.2) is 0 Å². The largest absolute Gasteiger partial charge is 0.378 e. The van der Waals surface area contributed by atoms with Gasteiger partial charge >= 0.3 is 0 Å². The van der Waals surface area contributed by atoms with Gasteiger partial charge in [-0.2, -0.15) is 0 Å². The van der Waals surface area contributed by atoms with Crippen LogP contribution in [0.2, 0.25) is 0 Å². The van der Waals surface area contributed by atoms with Gasteiger partial charge in [-0.05, 0) is 19.9 Å². The Bertz CT molecular complexity index is 266. The molecule has 2 unspecified atom stereocenters. The number of nitrogens with zero attached hydrogens (tertiary/aromatic N) is 2. The summed E-state index contributed by atoms with van der Waals surface area (Å²) in [6, 6.07) is 0.169. The third-order valence-electron chi connectivity index (χ3n) is 3.70. The van der Waals surface area contributed by atoms with Crippen LogP contribution in [-0.4, -0.2) is 67.7 Å². The highest BCUT2D eigenvalue weighted by Gasteiger charge is 2.30. The number of ether oxygens (including phenoxy) is 1. The second-order valence-corrected chi connectivity index (χ2v) is 5.08. The smallest absolute Gasteiger partial charge is 0.225 e. The second kappa shape index (κ2) is 5.80. The number of carbonyl (C=O) groups is 1. The highest BCUT2D eigenvalue weighted by Crippen LogP contribution is 2.18. The molecule has 0 aromatic rings. The van der Waals surface area contributed by atoms with Crippen molar-refractivity contribution in [2.24, 2.45) is 5.73 Å². The zero-order chi connectivity index (χ0) is 12.3. The van der Waals surface area contributed by atoms with Crippen molar-refractivity contribution in [1.82, 2.24) is 9.80 Å². The molecule has 98 valence electrons. The van der Waals surface area contributed by atoms with Crippen molar-refractivity contribution < 1.29 is 9.53 Å². The molecule has 2 aliphatic rings. The number of amides is 1. The van der Waals surface area contributed by atoms with E-state index in [0.29, 0.717) is 13.0 Å². The van der Waals surface area contributed by atoms with Crippen LogP contribution in [0, 0.1) is 0 Å². The van der Waals surface area contributed by atoms with Gasteiger partial charge in [0, 0.05) is 32.8 Å². The zero-order valence-electron chi connectivity index (χ0n) is 10.6. The van der Waals surface area contributed by atoms with Crippen LogP contribution in [-0.2, 0) is 9.53 Å². The van der Waals surface area contributed by atoms with E-state index in [-0.39, 0.29) is 18.1 Å². The fourth-order valence-corrected chi connectivity index (χ4v) is 2.66. The minimum absolute atomic E-state index is 0.139. The molecule has 2 aliphatic heterocycles. The Labute approximate surface area is 103 Å². The summed E-state index contributed by atoms with van der Waals surface area (Å²) in [4.78, 5) is 16.4. The Morgan fingerprint density at radius 2 is 2.29 bits per heavy atom. The Kier molecular flexibility index (Phi) is 4.36. The number of rotatable bonds is 3. The van der Waals surface area contributed by atoms with Crippen molar-refractivity contribution in [2.45, 2.75) is 31.4 Å². The monoisotopic (exact) mass is 241 g/mol. The van der Waals surface area contributed by atoms with Crippen molar-refractivity contribution in [3.63, 3.8) is 0 Å². The fourth-order valence-electron chi connectivity index (χ4n) is 2.66. The molecule has 5 nitrogen and oxygen atoms in total. The van der Waals surface area contributed by atoms with E-state index in [0.717, 1.165) is 39.1 Å². The summed E-state index contributed by atoms with van der Waals surface area (Å²) in [5, 5.41) is 0. The van der Waals surface area contributed by atoms with Gasteiger partial charge in [-0.3, -0.25) is 4.79 Å². The highest BCUT2D eigenvalue weighted by atomic mass is 16.5. The fraction of sp³-hybridized carbons (Fsp3) is 0.917. The summed E-state index contributed by atoms with van der Waals surface area (Å²) in [5.74, 6) is 0.209. The Morgan fingerprint density at radius 3 is 2.94 bits per heavy atom. The second-order valence-electron chi connectivity index (χ2n) is 5.08. The van der Waals surface area contributed by atoms with Crippen molar-refractivity contribution in [2.75, 3.05) is 39.8 Å². The molecule has 0 saturated carbocycles. The summed E-state index contributed by atoms with van der Waals surface area (Å²) >= 11 is 0. The molecule has 2 rings (SSSR count). The Morgan fingerprint density at radius 1 is 1.47 bits per heavy atom. The number of hydrogen-bond acceptors (Lipinski definition) is 4. The van der Waals surface area contributed by atoms with E-state index in [2.05, 4.69) is 11.9 Å². The molecule has 0 aromatic heterocycles. The predicted octanol–water partition coefficient (Wildman–Crippen LogP) is -0.343. The molecule has 2 fully saturated rings. The molecule has 2 atom stereocenters. The summed E-state index contributed by atoms with van der Waals surface area (Å²) in [7, 11) is 2.07. The van der Waals surface area contributed by atoms with Crippen molar-refractivity contribution in [3.05, 3.63) is 0 Å². The maximum atomic E-state index is 12.2. The standard InChI is InChI=1S/C12H23N3O2/c1-14-4-5-15(10(8-13)9-14)12(16)7-11-3-2-6-17-11/h10-11H,2-9,13H2,1H3. The van der Waals surface area contributed by atoms with Crippen LogP contribution in [0.15, 0.2) is 0 Å². The van der Waals surface area contributed by atoms with Crippen LogP contribution in [0.3, 0.4) is 0 Å². The SMILES string of the molecule is CN1CCN(C(=O)CC2CCCO2)C(CN)C1. The van der Waals surface area contributed by atoms with E-state index in [4.69, 9.17) is 10.5 Å². The molecule has 5 heteroatoms. The minimum Gasteiger partial charge on any atom is -0.378 e. The van der Waals surface area contributed by atoms with Gasteiger partial charge in [0.05, 0.1) is 18.6 Å². The molecule has 0 spiro atoms. The minimum atomic E-state index is 0.139. The number of nitrogens with two attached hydrogens (primary N) is 1. The third kappa shape index (κ3) is 3.18. The third-order valence-corrected chi connectivity index (χ3v) is 3.70. The van der Waals surface area contributed by atoms with Gasteiger partial charge in [0.25, 0.3) is 0 Å². The quantitative estimate of drug-likeness (QED) is 0.734. The average Bonchev–Trinajstić information content (AvgIpc) is 2.81. The lowest BCUT2D eigenvalue weighted by molar-refractivity contribution is -0.137. The van der Waals surface area contributed by atoms with Crippen LogP contribution in [0.25, 0.3) is 0 Å². The molecule has 1 amide bonds. The van der Waals surface area contributed by atoms with E-state index >= 15 is 0 Å². The number of hydrogen-bond donors (Lipinski definition) is 1. The summed E-state index contributed by atoms with van der Waals surface area (Å²) in [6.07, 6.45) is 2.77. The molecule has 17 heavy (non-hydrogen) atoms. The number of carbonyl (C=O) groups excluding carboxylic acids is 1.